The van der Waals surface area contributed by atoms with Gasteiger partial charge in [0.1, 0.15) is 11.3 Å². The first-order valence-electron chi connectivity index (χ1n) is 8.27. The van der Waals surface area contributed by atoms with Crippen molar-refractivity contribution in [1.29, 1.82) is 0 Å². The van der Waals surface area contributed by atoms with Crippen molar-refractivity contribution in [2.24, 2.45) is 4.99 Å². The van der Waals surface area contributed by atoms with Gasteiger partial charge in [-0.3, -0.25) is 15.1 Å². The number of aryl methyl sites for hydroxylation is 2. The molecule has 0 saturated carbocycles. The zero-order valence-corrected chi connectivity index (χ0v) is 14.5. The zero-order valence-electron chi connectivity index (χ0n) is 13.7. The third-order valence-electron chi connectivity index (χ3n) is 4.58. The summed E-state index contributed by atoms with van der Waals surface area (Å²) in [5, 5.41) is 25.2. The predicted octanol–water partition coefficient (Wildman–Crippen LogP) is 4.70. The quantitative estimate of drug-likeness (QED) is 0.380. The number of furan rings is 1. The molecule has 6 nitrogen and oxygen atoms in total. The van der Waals surface area contributed by atoms with Gasteiger partial charge in [0.2, 0.25) is 0 Å². The van der Waals surface area contributed by atoms with Crippen molar-refractivity contribution in [3.05, 3.63) is 62.4 Å². The Morgan fingerprint density at radius 3 is 2.65 bits per heavy atom. The number of nitro benzene ring substituents is 1. The number of halogens is 1. The number of fused-ring (bicyclic) bond motifs is 3. The molecule has 7 heteroatoms. The molecule has 132 valence electrons. The molecule has 0 aliphatic heterocycles. The average Bonchev–Trinajstić information content (AvgIpc) is 3.00. The van der Waals surface area contributed by atoms with E-state index in [-0.39, 0.29) is 5.56 Å². The highest BCUT2D eigenvalue weighted by atomic mass is 35.5. The van der Waals surface area contributed by atoms with E-state index in [1.165, 1.54) is 12.3 Å². The van der Waals surface area contributed by atoms with Crippen LogP contribution in [0.15, 0.2) is 39.7 Å². The van der Waals surface area contributed by atoms with E-state index in [0.717, 1.165) is 37.0 Å². The Morgan fingerprint density at radius 1 is 1.19 bits per heavy atom. The van der Waals surface area contributed by atoms with E-state index in [1.54, 1.807) is 24.3 Å². The van der Waals surface area contributed by atoms with Crippen molar-refractivity contribution in [1.82, 2.24) is 0 Å². The average molecular weight is 370 g/mol. The molecule has 0 radical (unpaired) electrons. The lowest BCUT2D eigenvalue weighted by molar-refractivity contribution is -0.398. The van der Waals surface area contributed by atoms with E-state index < -0.39 is 16.4 Å². The van der Waals surface area contributed by atoms with Gasteiger partial charge >= 0.3 is 0 Å². The van der Waals surface area contributed by atoms with Crippen molar-refractivity contribution in [3.63, 3.8) is 0 Å². The molecule has 1 aromatic heterocycles. The van der Waals surface area contributed by atoms with Gasteiger partial charge < -0.3 is 9.52 Å². The highest BCUT2D eigenvalue weighted by Gasteiger charge is 2.23. The monoisotopic (exact) mass is 369 g/mol. The minimum absolute atomic E-state index is 0.205. The standard InChI is InChI=1S/C19H15ClN2O4/c20-11-5-7-12(8-6-11)21-10-14-18-13-3-1-2-4-16(13)26-17(18)9-15(19(14)23)22(24)25/h5-10,23H,1-4H2/p-1. The summed E-state index contributed by atoms with van der Waals surface area (Å²) in [7, 11) is 0. The maximum atomic E-state index is 12.7. The Labute approximate surface area is 153 Å². The van der Waals surface area contributed by atoms with E-state index in [9.17, 15) is 15.2 Å². The Hall–Kier alpha value is -2.86. The molecular weight excluding hydrogens is 356 g/mol. The van der Waals surface area contributed by atoms with Gasteiger partial charge in [-0.15, -0.1) is 0 Å². The number of aliphatic imine (C=N–C) groups is 1. The maximum absolute atomic E-state index is 12.7. The van der Waals surface area contributed by atoms with Crippen LogP contribution in [0.3, 0.4) is 0 Å². The van der Waals surface area contributed by atoms with Crippen molar-refractivity contribution in [2.75, 3.05) is 0 Å². The van der Waals surface area contributed by atoms with Gasteiger partial charge in [-0.2, -0.15) is 0 Å². The molecule has 1 heterocycles. The molecule has 0 spiro atoms. The van der Waals surface area contributed by atoms with Crippen LogP contribution >= 0.6 is 11.6 Å². The SMILES string of the molecule is O=[N+]([O-])c1cc2oc3c(c2c(C=Nc2ccc(Cl)cc2)c1[O-])CCCC3. The third-order valence-corrected chi connectivity index (χ3v) is 4.83. The summed E-state index contributed by atoms with van der Waals surface area (Å²) in [6, 6.07) is 8.03. The zero-order chi connectivity index (χ0) is 18.3. The van der Waals surface area contributed by atoms with Gasteiger partial charge in [-0.1, -0.05) is 11.6 Å². The lowest BCUT2D eigenvalue weighted by atomic mass is 9.93. The first-order chi connectivity index (χ1) is 12.5. The van der Waals surface area contributed by atoms with Gasteiger partial charge in [-0.05, 0) is 49.3 Å². The highest BCUT2D eigenvalue weighted by Crippen LogP contribution is 2.40. The van der Waals surface area contributed by atoms with Crippen molar-refractivity contribution in [2.45, 2.75) is 25.7 Å². The first-order valence-corrected chi connectivity index (χ1v) is 8.64. The predicted molar refractivity (Wildman–Crippen MR) is 97.7 cm³/mol. The van der Waals surface area contributed by atoms with Gasteiger partial charge in [-0.25, -0.2) is 0 Å². The third kappa shape index (κ3) is 2.82. The number of nitro groups is 1. The Kier molecular flexibility index (Phi) is 4.12. The molecular formula is C19H14ClN2O4-. The smallest absolute Gasteiger partial charge is 0.266 e. The topological polar surface area (TPSA) is 91.7 Å². The van der Waals surface area contributed by atoms with Crippen LogP contribution in [0.2, 0.25) is 5.02 Å². The molecule has 0 unspecified atom stereocenters. The van der Waals surface area contributed by atoms with E-state index in [2.05, 4.69) is 4.99 Å². The second-order valence-corrected chi connectivity index (χ2v) is 6.65. The Balaban J connectivity index is 1.92. The molecule has 0 saturated heterocycles. The van der Waals surface area contributed by atoms with Crippen LogP contribution < -0.4 is 5.11 Å². The number of rotatable bonds is 3. The molecule has 0 atom stereocenters. The second kappa shape index (κ2) is 6.46. The summed E-state index contributed by atoms with van der Waals surface area (Å²) in [5.41, 5.74) is 1.65. The lowest BCUT2D eigenvalue weighted by Gasteiger charge is -2.14. The summed E-state index contributed by atoms with van der Waals surface area (Å²) in [6.07, 6.45) is 4.97. The van der Waals surface area contributed by atoms with E-state index in [1.807, 2.05) is 0 Å². The normalized spacial score (nSPS) is 14.0. The van der Waals surface area contributed by atoms with Crippen LogP contribution in [-0.4, -0.2) is 11.1 Å². The molecule has 3 aromatic rings. The summed E-state index contributed by atoms with van der Waals surface area (Å²) in [4.78, 5) is 14.9. The van der Waals surface area contributed by atoms with Gasteiger partial charge in [0, 0.05) is 34.2 Å². The van der Waals surface area contributed by atoms with Crippen molar-refractivity contribution >= 4 is 40.2 Å². The largest absolute Gasteiger partial charge is 0.867 e. The van der Waals surface area contributed by atoms with Gasteiger partial charge in [0.05, 0.1) is 16.7 Å². The molecule has 2 aromatic carbocycles. The number of hydrogen-bond acceptors (Lipinski definition) is 5. The summed E-state index contributed by atoms with van der Waals surface area (Å²) in [6.45, 7) is 0. The minimum Gasteiger partial charge on any atom is -0.867 e. The fraction of sp³-hybridized carbons (Fsp3) is 0.211. The number of nitrogens with zero attached hydrogens (tertiary/aromatic N) is 2. The van der Waals surface area contributed by atoms with Crippen LogP contribution in [0, 0.1) is 10.1 Å². The maximum Gasteiger partial charge on any atom is 0.266 e. The molecule has 1 aliphatic rings. The summed E-state index contributed by atoms with van der Waals surface area (Å²) in [5.74, 6) is 0.168. The molecule has 0 amide bonds. The van der Waals surface area contributed by atoms with Crippen molar-refractivity contribution < 1.29 is 14.4 Å². The highest BCUT2D eigenvalue weighted by molar-refractivity contribution is 6.30. The first kappa shape index (κ1) is 16.6. The number of benzene rings is 2. The molecule has 0 N–H and O–H groups in total. The Morgan fingerprint density at radius 2 is 1.92 bits per heavy atom. The van der Waals surface area contributed by atoms with Crippen LogP contribution in [0.5, 0.6) is 5.75 Å². The van der Waals surface area contributed by atoms with Crippen LogP contribution in [0.1, 0.15) is 29.7 Å². The van der Waals surface area contributed by atoms with Gasteiger partial charge in [0.25, 0.3) is 5.69 Å². The number of hydrogen-bond donors (Lipinski definition) is 0. The van der Waals surface area contributed by atoms with E-state index >= 15 is 0 Å². The van der Waals surface area contributed by atoms with Gasteiger partial charge in [0.15, 0.2) is 0 Å². The van der Waals surface area contributed by atoms with Crippen LogP contribution in [0.4, 0.5) is 11.4 Å². The minimum atomic E-state index is -0.678. The molecule has 26 heavy (non-hydrogen) atoms. The fourth-order valence-electron chi connectivity index (χ4n) is 3.35. The molecule has 0 bridgehead atoms. The second-order valence-electron chi connectivity index (χ2n) is 6.21. The van der Waals surface area contributed by atoms with E-state index in [0.29, 0.717) is 21.7 Å². The van der Waals surface area contributed by atoms with Crippen LogP contribution in [0.25, 0.3) is 11.0 Å². The van der Waals surface area contributed by atoms with Crippen LogP contribution in [-0.2, 0) is 12.8 Å². The van der Waals surface area contributed by atoms with E-state index in [4.69, 9.17) is 16.0 Å². The lowest BCUT2D eigenvalue weighted by Crippen LogP contribution is -2.04. The Bertz CT molecular complexity index is 1040. The van der Waals surface area contributed by atoms with Crippen molar-refractivity contribution in [3.8, 4) is 5.75 Å². The molecule has 1 aliphatic carbocycles. The molecule has 0 fully saturated rings. The summed E-state index contributed by atoms with van der Waals surface area (Å²) < 4.78 is 5.82. The summed E-state index contributed by atoms with van der Waals surface area (Å²) >= 11 is 5.86. The fourth-order valence-corrected chi connectivity index (χ4v) is 3.48. The molecule has 4 rings (SSSR count).